The lowest BCUT2D eigenvalue weighted by atomic mass is 10.0. The van der Waals surface area contributed by atoms with Crippen LogP contribution in [0.2, 0.25) is 0 Å². The van der Waals surface area contributed by atoms with E-state index < -0.39 is 16.0 Å². The van der Waals surface area contributed by atoms with E-state index in [4.69, 9.17) is 0 Å². The van der Waals surface area contributed by atoms with Crippen molar-refractivity contribution in [1.29, 1.82) is 0 Å². The van der Waals surface area contributed by atoms with Crippen LogP contribution in [0.15, 0.2) is 29.2 Å². The summed E-state index contributed by atoms with van der Waals surface area (Å²) in [6.07, 6.45) is 0. The highest BCUT2D eigenvalue weighted by atomic mass is 32.2. The van der Waals surface area contributed by atoms with Crippen LogP contribution in [0.4, 0.5) is 11.4 Å². The summed E-state index contributed by atoms with van der Waals surface area (Å²) in [6, 6.07) is 6.57. The standard InChI is InChI=1S/C13H12N2O4S/c1-2-14-9-6-10(20(17,18)19)12-11-7(9)4-3-5-8(11)15-13(12)16/h3-6,14H,2H2,1H3,(H,15,16)(H,17,18,19). The number of nitrogens with one attached hydrogen (secondary N) is 2. The molecule has 0 unspecified atom stereocenters. The minimum absolute atomic E-state index is 0.000229. The van der Waals surface area contributed by atoms with Gasteiger partial charge in [-0.25, -0.2) is 0 Å². The quantitative estimate of drug-likeness (QED) is 0.753. The third-order valence-electron chi connectivity index (χ3n) is 3.25. The molecule has 7 heteroatoms. The zero-order chi connectivity index (χ0) is 14.5. The minimum atomic E-state index is -4.48. The third-order valence-corrected chi connectivity index (χ3v) is 4.12. The summed E-state index contributed by atoms with van der Waals surface area (Å²) < 4.78 is 32.4. The molecular weight excluding hydrogens is 280 g/mol. The molecule has 0 aliphatic carbocycles. The van der Waals surface area contributed by atoms with Gasteiger partial charge in [0.25, 0.3) is 16.0 Å². The molecular formula is C13H12N2O4S. The largest absolute Gasteiger partial charge is 0.385 e. The first-order valence-electron chi connectivity index (χ1n) is 6.06. The molecule has 0 saturated heterocycles. The highest BCUT2D eigenvalue weighted by Gasteiger charge is 2.30. The maximum absolute atomic E-state index is 12.0. The summed E-state index contributed by atoms with van der Waals surface area (Å²) in [5.74, 6) is -0.521. The fraction of sp³-hybridized carbons (Fsp3) is 0.154. The van der Waals surface area contributed by atoms with Crippen molar-refractivity contribution in [3.63, 3.8) is 0 Å². The lowest BCUT2D eigenvalue weighted by Crippen LogP contribution is -2.11. The van der Waals surface area contributed by atoms with E-state index in [0.29, 0.717) is 23.3 Å². The zero-order valence-electron chi connectivity index (χ0n) is 10.6. The third kappa shape index (κ3) is 1.75. The SMILES string of the molecule is CCNc1cc(S(=O)(=O)O)c2c3c(cccc13)NC2=O. The van der Waals surface area contributed by atoms with Gasteiger partial charge in [0.15, 0.2) is 0 Å². The summed E-state index contributed by atoms with van der Waals surface area (Å²) in [5, 5.41) is 6.91. The normalized spacial score (nSPS) is 13.6. The average Bonchev–Trinajstić information content (AvgIpc) is 2.70. The lowest BCUT2D eigenvalue weighted by Gasteiger charge is -2.11. The van der Waals surface area contributed by atoms with Gasteiger partial charge >= 0.3 is 0 Å². The molecule has 2 aromatic carbocycles. The van der Waals surface area contributed by atoms with E-state index in [0.717, 1.165) is 5.39 Å². The van der Waals surface area contributed by atoms with Crippen molar-refractivity contribution >= 4 is 38.2 Å². The van der Waals surface area contributed by atoms with Gasteiger partial charge in [-0.2, -0.15) is 8.42 Å². The molecule has 3 rings (SSSR count). The van der Waals surface area contributed by atoms with Crippen LogP contribution < -0.4 is 10.6 Å². The van der Waals surface area contributed by atoms with Crippen LogP contribution in [-0.4, -0.2) is 25.4 Å². The first-order valence-corrected chi connectivity index (χ1v) is 7.50. The molecule has 1 aliphatic heterocycles. The maximum atomic E-state index is 12.0. The van der Waals surface area contributed by atoms with Gasteiger partial charge in [0.05, 0.1) is 5.56 Å². The van der Waals surface area contributed by atoms with Gasteiger partial charge in [0.1, 0.15) is 4.90 Å². The molecule has 2 aromatic rings. The van der Waals surface area contributed by atoms with Gasteiger partial charge in [0.2, 0.25) is 0 Å². The van der Waals surface area contributed by atoms with Crippen LogP contribution >= 0.6 is 0 Å². The van der Waals surface area contributed by atoms with Crippen LogP contribution in [0.25, 0.3) is 10.8 Å². The molecule has 0 bridgehead atoms. The molecule has 1 amide bonds. The monoisotopic (exact) mass is 292 g/mol. The van der Waals surface area contributed by atoms with E-state index in [1.807, 2.05) is 6.92 Å². The average molecular weight is 292 g/mol. The number of anilines is 2. The van der Waals surface area contributed by atoms with Crippen molar-refractivity contribution in [3.05, 3.63) is 29.8 Å². The van der Waals surface area contributed by atoms with E-state index in [1.165, 1.54) is 6.07 Å². The summed E-state index contributed by atoms with van der Waals surface area (Å²) >= 11 is 0. The summed E-state index contributed by atoms with van der Waals surface area (Å²) in [4.78, 5) is 11.6. The molecule has 0 saturated carbocycles. The van der Waals surface area contributed by atoms with Crippen molar-refractivity contribution in [2.24, 2.45) is 0 Å². The fourth-order valence-corrected chi connectivity index (χ4v) is 3.22. The van der Waals surface area contributed by atoms with Crippen molar-refractivity contribution < 1.29 is 17.8 Å². The molecule has 1 heterocycles. The molecule has 0 atom stereocenters. The molecule has 0 aromatic heterocycles. The molecule has 3 N–H and O–H groups in total. The predicted molar refractivity (Wildman–Crippen MR) is 75.9 cm³/mol. The molecule has 6 nitrogen and oxygen atoms in total. The number of hydrogen-bond donors (Lipinski definition) is 3. The van der Waals surface area contributed by atoms with Crippen molar-refractivity contribution in [1.82, 2.24) is 0 Å². The van der Waals surface area contributed by atoms with Gasteiger partial charge in [-0.15, -0.1) is 0 Å². The number of rotatable bonds is 3. The Morgan fingerprint density at radius 1 is 1.35 bits per heavy atom. The number of amides is 1. The van der Waals surface area contributed by atoms with Gasteiger partial charge < -0.3 is 10.6 Å². The van der Waals surface area contributed by atoms with Gasteiger partial charge in [-0.05, 0) is 19.1 Å². The van der Waals surface area contributed by atoms with Crippen molar-refractivity contribution in [3.8, 4) is 0 Å². The molecule has 20 heavy (non-hydrogen) atoms. The second-order valence-corrected chi connectivity index (χ2v) is 5.87. The second kappa shape index (κ2) is 4.19. The highest BCUT2D eigenvalue weighted by Crippen LogP contribution is 2.40. The van der Waals surface area contributed by atoms with Crippen LogP contribution in [0, 0.1) is 0 Å². The van der Waals surface area contributed by atoms with Crippen LogP contribution in [-0.2, 0) is 10.1 Å². The van der Waals surface area contributed by atoms with Crippen molar-refractivity contribution in [2.75, 3.05) is 17.2 Å². The van der Waals surface area contributed by atoms with Crippen LogP contribution in [0.1, 0.15) is 17.3 Å². The zero-order valence-corrected chi connectivity index (χ0v) is 11.4. The smallest absolute Gasteiger partial charge is 0.295 e. The van der Waals surface area contributed by atoms with Gasteiger partial charge in [-0.3, -0.25) is 9.35 Å². The Labute approximate surface area is 115 Å². The molecule has 0 spiro atoms. The van der Waals surface area contributed by atoms with E-state index in [9.17, 15) is 17.8 Å². The number of carbonyl (C=O) groups excluding carboxylic acids is 1. The molecule has 0 radical (unpaired) electrons. The second-order valence-electron chi connectivity index (χ2n) is 4.48. The highest BCUT2D eigenvalue weighted by molar-refractivity contribution is 7.86. The van der Waals surface area contributed by atoms with E-state index in [1.54, 1.807) is 18.2 Å². The molecule has 1 aliphatic rings. The Balaban J connectivity index is 2.50. The number of hydrogen-bond acceptors (Lipinski definition) is 4. The Hall–Kier alpha value is -2.12. The fourth-order valence-electron chi connectivity index (χ4n) is 2.50. The maximum Gasteiger partial charge on any atom is 0.295 e. The Bertz CT molecular complexity index is 843. The minimum Gasteiger partial charge on any atom is -0.385 e. The molecule has 104 valence electrons. The van der Waals surface area contributed by atoms with E-state index in [2.05, 4.69) is 10.6 Å². The molecule has 0 fully saturated rings. The van der Waals surface area contributed by atoms with Crippen LogP contribution in [0.3, 0.4) is 0 Å². The summed E-state index contributed by atoms with van der Waals surface area (Å²) in [7, 11) is -4.48. The Morgan fingerprint density at radius 2 is 2.10 bits per heavy atom. The summed E-state index contributed by atoms with van der Waals surface area (Å²) in [5.41, 5.74) is 1.11. The predicted octanol–water partition coefficient (Wildman–Crippen LogP) is 2.08. The lowest BCUT2D eigenvalue weighted by molar-refractivity contribution is 0.102. The first-order chi connectivity index (χ1) is 9.43. The topological polar surface area (TPSA) is 95.5 Å². The summed E-state index contributed by atoms with van der Waals surface area (Å²) in [6.45, 7) is 2.46. The first kappa shape index (κ1) is 12.9. The number of carbonyl (C=O) groups is 1. The van der Waals surface area contributed by atoms with E-state index >= 15 is 0 Å². The number of benzene rings is 2. The Morgan fingerprint density at radius 3 is 2.75 bits per heavy atom. The van der Waals surface area contributed by atoms with Crippen LogP contribution in [0.5, 0.6) is 0 Å². The van der Waals surface area contributed by atoms with Gasteiger partial charge in [0, 0.05) is 28.7 Å². The van der Waals surface area contributed by atoms with Gasteiger partial charge in [-0.1, -0.05) is 12.1 Å². The Kier molecular flexibility index (Phi) is 2.70. The van der Waals surface area contributed by atoms with E-state index in [-0.39, 0.29) is 10.5 Å². The van der Waals surface area contributed by atoms with Crippen molar-refractivity contribution in [2.45, 2.75) is 11.8 Å².